The van der Waals surface area contributed by atoms with Crippen molar-refractivity contribution in [3.8, 4) is 23.1 Å². The monoisotopic (exact) mass is 311 g/mol. The maximum absolute atomic E-state index is 12.3. The van der Waals surface area contributed by atoms with Gasteiger partial charge in [0.15, 0.2) is 11.0 Å². The van der Waals surface area contributed by atoms with Gasteiger partial charge in [0.25, 0.3) is 0 Å². The molecule has 0 aliphatic rings. The maximum atomic E-state index is 12.3. The molecule has 4 nitrogen and oxygen atoms in total. The van der Waals surface area contributed by atoms with Gasteiger partial charge in [0, 0.05) is 11.6 Å². The van der Waals surface area contributed by atoms with E-state index in [1.165, 1.54) is 18.2 Å². The Kier molecular flexibility index (Phi) is 3.58. The molecule has 0 unspecified atom stereocenters. The predicted octanol–water partition coefficient (Wildman–Crippen LogP) is 3.99. The second-order valence-electron chi connectivity index (χ2n) is 4.65. The van der Waals surface area contributed by atoms with Crippen molar-refractivity contribution < 1.29 is 9.15 Å². The van der Waals surface area contributed by atoms with Gasteiger partial charge in [0.1, 0.15) is 11.5 Å². The first-order valence-electron chi connectivity index (χ1n) is 6.44. The minimum atomic E-state index is -0.244. The zero-order chi connectivity index (χ0) is 15.7. The number of halogens is 1. The Labute approximate surface area is 131 Å². The number of benzene rings is 2. The Morgan fingerprint density at radius 2 is 1.91 bits per heavy atom. The highest BCUT2D eigenvalue weighted by Crippen LogP contribution is 2.28. The van der Waals surface area contributed by atoms with Crippen molar-refractivity contribution in [2.24, 2.45) is 0 Å². The van der Waals surface area contributed by atoms with Crippen molar-refractivity contribution in [2.75, 3.05) is 7.11 Å². The summed E-state index contributed by atoms with van der Waals surface area (Å²) in [5.74, 6) is 1.12. The van der Waals surface area contributed by atoms with Crippen molar-refractivity contribution in [1.82, 2.24) is 0 Å². The van der Waals surface area contributed by atoms with Gasteiger partial charge in [-0.05, 0) is 36.4 Å². The molecule has 0 aliphatic carbocycles. The van der Waals surface area contributed by atoms with Crippen LogP contribution in [0.4, 0.5) is 0 Å². The van der Waals surface area contributed by atoms with Crippen LogP contribution in [0, 0.1) is 11.3 Å². The number of fused-ring (bicyclic) bond motifs is 1. The molecule has 5 heteroatoms. The maximum Gasteiger partial charge on any atom is 0.193 e. The summed E-state index contributed by atoms with van der Waals surface area (Å²) >= 11 is 6.12. The quantitative estimate of drug-likeness (QED) is 0.717. The van der Waals surface area contributed by atoms with Crippen LogP contribution < -0.4 is 10.2 Å². The van der Waals surface area contributed by atoms with E-state index in [1.54, 1.807) is 31.4 Å². The molecule has 0 bridgehead atoms. The van der Waals surface area contributed by atoms with E-state index in [-0.39, 0.29) is 16.0 Å². The number of methoxy groups -OCH3 is 1. The molecule has 1 heterocycles. The molecular weight excluding hydrogens is 302 g/mol. The topological polar surface area (TPSA) is 63.2 Å². The fraction of sp³-hybridized carbons (Fsp3) is 0.0588. The third-order valence-corrected chi connectivity index (χ3v) is 3.57. The van der Waals surface area contributed by atoms with E-state index in [9.17, 15) is 4.79 Å². The van der Waals surface area contributed by atoms with Crippen molar-refractivity contribution >= 4 is 22.6 Å². The van der Waals surface area contributed by atoms with E-state index < -0.39 is 0 Å². The van der Waals surface area contributed by atoms with Crippen LogP contribution in [0.1, 0.15) is 5.56 Å². The van der Waals surface area contributed by atoms with Crippen LogP contribution in [0.5, 0.6) is 5.75 Å². The summed E-state index contributed by atoms with van der Waals surface area (Å²) < 4.78 is 10.8. The highest BCUT2D eigenvalue weighted by atomic mass is 35.5. The summed E-state index contributed by atoms with van der Waals surface area (Å²) in [5.41, 5.74) is 1.09. The average Bonchev–Trinajstić information content (AvgIpc) is 2.55. The molecular formula is C17H10ClNO3. The van der Waals surface area contributed by atoms with Gasteiger partial charge in [-0.3, -0.25) is 4.79 Å². The van der Waals surface area contributed by atoms with E-state index >= 15 is 0 Å². The molecule has 0 atom stereocenters. The minimum Gasteiger partial charge on any atom is -0.497 e. The number of nitrogens with zero attached hydrogens (tertiary/aromatic N) is 1. The fourth-order valence-electron chi connectivity index (χ4n) is 2.18. The molecule has 0 fully saturated rings. The van der Waals surface area contributed by atoms with Crippen LogP contribution in [0.3, 0.4) is 0 Å². The second-order valence-corrected chi connectivity index (χ2v) is 5.06. The van der Waals surface area contributed by atoms with Crippen LogP contribution in [0.2, 0.25) is 5.02 Å². The van der Waals surface area contributed by atoms with Crippen molar-refractivity contribution in [1.29, 1.82) is 5.26 Å². The molecule has 1 aromatic heterocycles. The highest BCUT2D eigenvalue weighted by molar-refractivity contribution is 6.34. The normalized spacial score (nSPS) is 10.4. The number of nitriles is 1. The lowest BCUT2D eigenvalue weighted by molar-refractivity contribution is 0.415. The molecule has 2 aromatic carbocycles. The van der Waals surface area contributed by atoms with Gasteiger partial charge in [-0.2, -0.15) is 5.26 Å². The second kappa shape index (κ2) is 5.55. The molecule has 0 saturated heterocycles. The van der Waals surface area contributed by atoms with Crippen LogP contribution in [0.25, 0.3) is 22.3 Å². The summed E-state index contributed by atoms with van der Waals surface area (Å²) in [6, 6.07) is 13.5. The lowest BCUT2D eigenvalue weighted by Gasteiger charge is -2.06. The Bertz CT molecular complexity index is 953. The molecule has 0 spiro atoms. The molecule has 0 saturated carbocycles. The van der Waals surface area contributed by atoms with Gasteiger partial charge >= 0.3 is 0 Å². The largest absolute Gasteiger partial charge is 0.497 e. The van der Waals surface area contributed by atoms with Gasteiger partial charge in [-0.15, -0.1) is 0 Å². The summed E-state index contributed by atoms with van der Waals surface area (Å²) in [6.07, 6.45) is 0. The van der Waals surface area contributed by atoms with E-state index in [4.69, 9.17) is 26.0 Å². The molecule has 0 N–H and O–H groups in total. The summed E-state index contributed by atoms with van der Waals surface area (Å²) in [4.78, 5) is 12.3. The molecule has 0 radical (unpaired) electrons. The van der Waals surface area contributed by atoms with Gasteiger partial charge in [0.05, 0.1) is 29.2 Å². The SMILES string of the molecule is COc1ccc(-c2cc(=O)c3cc(C#N)cc(Cl)c3o2)cc1. The number of hydrogen-bond acceptors (Lipinski definition) is 4. The van der Waals surface area contributed by atoms with Crippen molar-refractivity contribution in [3.63, 3.8) is 0 Å². The Morgan fingerprint density at radius 1 is 1.18 bits per heavy atom. The van der Waals surface area contributed by atoms with Gasteiger partial charge < -0.3 is 9.15 Å². The molecule has 3 aromatic rings. The highest BCUT2D eigenvalue weighted by Gasteiger charge is 2.11. The molecule has 0 aliphatic heterocycles. The van der Waals surface area contributed by atoms with E-state index in [1.807, 2.05) is 6.07 Å². The first-order chi connectivity index (χ1) is 10.6. The standard InChI is InChI=1S/C17H10ClNO3/c1-21-12-4-2-11(3-5-12)16-8-15(20)13-6-10(9-19)7-14(18)17(13)22-16/h2-8H,1H3. The third-order valence-electron chi connectivity index (χ3n) is 3.29. The predicted molar refractivity (Wildman–Crippen MR) is 84.2 cm³/mol. The Hall–Kier alpha value is -2.77. The summed E-state index contributed by atoms with van der Waals surface area (Å²) in [7, 11) is 1.58. The first-order valence-corrected chi connectivity index (χ1v) is 6.82. The Morgan fingerprint density at radius 3 is 2.55 bits per heavy atom. The van der Waals surface area contributed by atoms with Crippen LogP contribution in [0.15, 0.2) is 51.7 Å². The van der Waals surface area contributed by atoms with Crippen LogP contribution in [-0.4, -0.2) is 7.11 Å². The lowest BCUT2D eigenvalue weighted by Crippen LogP contribution is -2.01. The smallest absolute Gasteiger partial charge is 0.193 e. The van der Waals surface area contributed by atoms with E-state index in [0.29, 0.717) is 22.5 Å². The fourth-order valence-corrected chi connectivity index (χ4v) is 2.44. The van der Waals surface area contributed by atoms with Gasteiger partial charge in [0.2, 0.25) is 0 Å². The summed E-state index contributed by atoms with van der Waals surface area (Å²) in [5, 5.41) is 9.47. The third kappa shape index (κ3) is 2.43. The van der Waals surface area contributed by atoms with E-state index in [0.717, 1.165) is 5.56 Å². The zero-order valence-electron chi connectivity index (χ0n) is 11.6. The molecule has 22 heavy (non-hydrogen) atoms. The van der Waals surface area contributed by atoms with Gasteiger partial charge in [-0.25, -0.2) is 0 Å². The van der Waals surface area contributed by atoms with Crippen LogP contribution >= 0.6 is 11.6 Å². The Balaban J connectivity index is 2.22. The lowest BCUT2D eigenvalue weighted by atomic mass is 10.1. The zero-order valence-corrected chi connectivity index (χ0v) is 12.3. The first kappa shape index (κ1) is 14.2. The number of ether oxygens (including phenoxy) is 1. The number of rotatable bonds is 2. The van der Waals surface area contributed by atoms with Crippen LogP contribution in [-0.2, 0) is 0 Å². The average molecular weight is 312 g/mol. The number of hydrogen-bond donors (Lipinski definition) is 0. The summed E-state index contributed by atoms with van der Waals surface area (Å²) in [6.45, 7) is 0. The van der Waals surface area contributed by atoms with Crippen molar-refractivity contribution in [3.05, 3.63) is 63.3 Å². The molecule has 108 valence electrons. The minimum absolute atomic E-state index is 0.238. The van der Waals surface area contributed by atoms with Gasteiger partial charge in [-0.1, -0.05) is 11.6 Å². The van der Waals surface area contributed by atoms with E-state index in [2.05, 4.69) is 0 Å². The molecule has 3 rings (SSSR count). The van der Waals surface area contributed by atoms with Crippen molar-refractivity contribution in [2.45, 2.75) is 0 Å². The molecule has 0 amide bonds.